The Morgan fingerprint density at radius 3 is 3.00 bits per heavy atom. The molecule has 3 aromatic heterocycles. The van der Waals surface area contributed by atoms with Crippen molar-refractivity contribution in [2.45, 2.75) is 12.6 Å². The van der Waals surface area contributed by atoms with Gasteiger partial charge in [0.25, 0.3) is 5.95 Å². The van der Waals surface area contributed by atoms with Gasteiger partial charge in [-0.15, -0.1) is 11.3 Å². The lowest BCUT2D eigenvalue weighted by atomic mass is 10.3. The van der Waals surface area contributed by atoms with E-state index >= 15 is 0 Å². The van der Waals surface area contributed by atoms with Crippen molar-refractivity contribution in [1.29, 1.82) is 0 Å². The van der Waals surface area contributed by atoms with Gasteiger partial charge >= 0.3 is 0 Å². The summed E-state index contributed by atoms with van der Waals surface area (Å²) in [5.41, 5.74) is 0. The average molecular weight is 305 g/mol. The van der Waals surface area contributed by atoms with Gasteiger partial charge in [-0.25, -0.2) is 4.98 Å². The van der Waals surface area contributed by atoms with Gasteiger partial charge in [0.15, 0.2) is 0 Å². The van der Waals surface area contributed by atoms with Gasteiger partial charge < -0.3 is 19.1 Å². The second kappa shape index (κ2) is 5.66. The highest BCUT2D eigenvalue weighted by Crippen LogP contribution is 2.25. The molecule has 0 radical (unpaired) electrons. The first-order chi connectivity index (χ1) is 10.1. The monoisotopic (exact) mass is 305 g/mol. The highest BCUT2D eigenvalue weighted by molar-refractivity contribution is 7.10. The fraction of sp³-hybridized carbons (Fsp3) is 0.308. The number of aliphatic hydroxyl groups is 1. The zero-order valence-corrected chi connectivity index (χ0v) is 12.5. The van der Waals surface area contributed by atoms with Crippen molar-refractivity contribution < 1.29 is 9.63 Å². The van der Waals surface area contributed by atoms with Crippen LogP contribution in [0.15, 0.2) is 34.4 Å². The lowest BCUT2D eigenvalue weighted by molar-refractivity contribution is 0.208. The van der Waals surface area contributed by atoms with Gasteiger partial charge in [-0.3, -0.25) is 0 Å². The fourth-order valence-corrected chi connectivity index (χ4v) is 2.62. The van der Waals surface area contributed by atoms with Crippen molar-refractivity contribution >= 4 is 17.3 Å². The quantitative estimate of drug-likeness (QED) is 0.770. The number of nitrogens with zero attached hydrogens (tertiary/aromatic N) is 5. The van der Waals surface area contributed by atoms with Crippen LogP contribution in [0.25, 0.3) is 0 Å². The van der Waals surface area contributed by atoms with Crippen LogP contribution in [0.3, 0.4) is 0 Å². The molecule has 0 aromatic carbocycles. The third-order valence-corrected chi connectivity index (χ3v) is 3.89. The molecule has 3 rings (SSSR count). The summed E-state index contributed by atoms with van der Waals surface area (Å²) in [6.07, 6.45) is 2.68. The number of anilines is 1. The molecule has 7 nitrogen and oxygen atoms in total. The Morgan fingerprint density at radius 2 is 2.33 bits per heavy atom. The van der Waals surface area contributed by atoms with E-state index in [0.717, 1.165) is 4.88 Å². The first-order valence-corrected chi connectivity index (χ1v) is 7.25. The number of aliphatic hydroxyl groups excluding tert-OH is 1. The molecule has 110 valence electrons. The van der Waals surface area contributed by atoms with E-state index in [1.807, 2.05) is 31.6 Å². The molecule has 0 amide bonds. The number of hydrogen-bond acceptors (Lipinski definition) is 7. The van der Waals surface area contributed by atoms with Crippen LogP contribution in [0, 0.1) is 0 Å². The third kappa shape index (κ3) is 2.81. The molecule has 0 aliphatic rings. The molecule has 0 saturated carbocycles. The smallest absolute Gasteiger partial charge is 0.265 e. The van der Waals surface area contributed by atoms with Crippen molar-refractivity contribution in [3.8, 4) is 0 Å². The Kier molecular flexibility index (Phi) is 3.72. The van der Waals surface area contributed by atoms with Crippen molar-refractivity contribution in [3.05, 3.63) is 46.5 Å². The molecule has 0 spiro atoms. The Balaban J connectivity index is 1.82. The molecular formula is C13H15N5O2S. The maximum atomic E-state index is 10.4. The van der Waals surface area contributed by atoms with E-state index in [1.165, 1.54) is 11.3 Å². The number of hydrogen-bond donors (Lipinski definition) is 1. The molecule has 21 heavy (non-hydrogen) atoms. The summed E-state index contributed by atoms with van der Waals surface area (Å²) in [4.78, 5) is 11.1. The first-order valence-electron chi connectivity index (χ1n) is 6.37. The van der Waals surface area contributed by atoms with Gasteiger partial charge in [0, 0.05) is 31.4 Å². The Morgan fingerprint density at radius 1 is 1.48 bits per heavy atom. The molecular weight excluding hydrogens is 290 g/mol. The van der Waals surface area contributed by atoms with E-state index in [1.54, 1.807) is 21.9 Å². The van der Waals surface area contributed by atoms with Crippen LogP contribution in [0.4, 0.5) is 5.95 Å². The Hall–Kier alpha value is -2.19. The average Bonchev–Trinajstić information content (AvgIpc) is 3.20. The summed E-state index contributed by atoms with van der Waals surface area (Å²) >= 11 is 1.49. The Bertz CT molecular complexity index is 704. The number of imidazole rings is 1. The minimum absolute atomic E-state index is 0.374. The van der Waals surface area contributed by atoms with Crippen LogP contribution in [0.1, 0.15) is 22.7 Å². The predicted molar refractivity (Wildman–Crippen MR) is 78.3 cm³/mol. The van der Waals surface area contributed by atoms with E-state index < -0.39 is 6.10 Å². The molecule has 3 heterocycles. The normalized spacial score (nSPS) is 12.5. The van der Waals surface area contributed by atoms with Gasteiger partial charge in [-0.05, 0) is 16.6 Å². The third-order valence-electron chi connectivity index (χ3n) is 2.97. The zero-order valence-electron chi connectivity index (χ0n) is 11.7. The van der Waals surface area contributed by atoms with Crippen molar-refractivity contribution in [2.24, 2.45) is 0 Å². The molecule has 0 aliphatic carbocycles. The molecule has 0 bridgehead atoms. The van der Waals surface area contributed by atoms with Crippen LogP contribution in [0.2, 0.25) is 0 Å². The predicted octanol–water partition coefficient (Wildman–Crippen LogP) is 1.52. The standard InChI is InChI=1S/C13H15N5O2S/c1-17(2)13-15-10(20-16-13)8-18-6-5-14-12(18)11(19)9-4-3-7-21-9/h3-7,11,19H,8H2,1-2H3/t11-/m0/s1. The van der Waals surface area contributed by atoms with E-state index in [0.29, 0.717) is 24.2 Å². The van der Waals surface area contributed by atoms with Gasteiger partial charge in [0.1, 0.15) is 18.5 Å². The molecule has 0 fully saturated rings. The minimum Gasteiger partial charge on any atom is -0.380 e. The first kappa shape index (κ1) is 13.8. The topological polar surface area (TPSA) is 80.2 Å². The van der Waals surface area contributed by atoms with Crippen LogP contribution in [-0.4, -0.2) is 38.9 Å². The molecule has 0 aliphatic heterocycles. The summed E-state index contributed by atoms with van der Waals surface area (Å²) in [6, 6.07) is 3.78. The summed E-state index contributed by atoms with van der Waals surface area (Å²) < 4.78 is 7.00. The highest BCUT2D eigenvalue weighted by Gasteiger charge is 2.18. The van der Waals surface area contributed by atoms with E-state index in [4.69, 9.17) is 4.52 Å². The largest absolute Gasteiger partial charge is 0.380 e. The van der Waals surface area contributed by atoms with Crippen LogP contribution in [0.5, 0.6) is 0 Å². The summed E-state index contributed by atoms with van der Waals surface area (Å²) in [5.74, 6) is 1.55. The molecule has 0 unspecified atom stereocenters. The lowest BCUT2D eigenvalue weighted by Crippen LogP contribution is -2.11. The second-order valence-corrected chi connectivity index (χ2v) is 5.69. The second-order valence-electron chi connectivity index (χ2n) is 4.71. The van der Waals surface area contributed by atoms with Crippen molar-refractivity contribution in [3.63, 3.8) is 0 Å². The molecule has 1 atom stereocenters. The van der Waals surface area contributed by atoms with E-state index in [9.17, 15) is 5.11 Å². The molecule has 3 aromatic rings. The van der Waals surface area contributed by atoms with E-state index in [-0.39, 0.29) is 0 Å². The van der Waals surface area contributed by atoms with Gasteiger partial charge in [-0.1, -0.05) is 6.07 Å². The van der Waals surface area contributed by atoms with Gasteiger partial charge in [0.2, 0.25) is 5.89 Å². The van der Waals surface area contributed by atoms with Gasteiger partial charge in [0.05, 0.1) is 0 Å². The van der Waals surface area contributed by atoms with E-state index in [2.05, 4.69) is 15.1 Å². The number of rotatable bonds is 5. The fourth-order valence-electron chi connectivity index (χ4n) is 1.91. The van der Waals surface area contributed by atoms with Gasteiger partial charge in [-0.2, -0.15) is 4.98 Å². The molecule has 1 N–H and O–H groups in total. The highest BCUT2D eigenvalue weighted by atomic mass is 32.1. The number of thiophene rings is 1. The zero-order chi connectivity index (χ0) is 14.8. The molecule has 0 saturated heterocycles. The van der Waals surface area contributed by atoms with Crippen LogP contribution in [-0.2, 0) is 6.54 Å². The Labute approximate surface area is 125 Å². The number of aromatic nitrogens is 4. The SMILES string of the molecule is CN(C)c1noc(Cn2ccnc2[C@@H](O)c2cccs2)n1. The maximum Gasteiger partial charge on any atom is 0.265 e. The summed E-state index contributed by atoms with van der Waals surface area (Å²) in [7, 11) is 3.69. The summed E-state index contributed by atoms with van der Waals surface area (Å²) in [5, 5.41) is 16.2. The van der Waals surface area contributed by atoms with Crippen molar-refractivity contribution in [1.82, 2.24) is 19.7 Å². The molecule has 8 heteroatoms. The summed E-state index contributed by atoms with van der Waals surface area (Å²) in [6.45, 7) is 0.374. The maximum absolute atomic E-state index is 10.4. The van der Waals surface area contributed by atoms with Crippen molar-refractivity contribution in [2.75, 3.05) is 19.0 Å². The van der Waals surface area contributed by atoms with Crippen LogP contribution < -0.4 is 4.90 Å². The minimum atomic E-state index is -0.753. The lowest BCUT2D eigenvalue weighted by Gasteiger charge is -2.10. The van der Waals surface area contributed by atoms with Crippen LogP contribution >= 0.6 is 11.3 Å².